The van der Waals surface area contributed by atoms with Gasteiger partial charge < -0.3 is 4.74 Å². The number of rotatable bonds is 4. The highest BCUT2D eigenvalue weighted by Gasteiger charge is 2.20. The topological polar surface area (TPSA) is 26.3 Å². The van der Waals surface area contributed by atoms with Crippen LogP contribution in [0.3, 0.4) is 0 Å². The van der Waals surface area contributed by atoms with Crippen LogP contribution in [0.25, 0.3) is 0 Å². The molecule has 1 aliphatic rings. The number of methoxy groups -OCH3 is 1. The molecule has 0 spiro atoms. The molecule has 108 valence electrons. The highest BCUT2D eigenvalue weighted by molar-refractivity contribution is 6.31. The first-order valence-corrected chi connectivity index (χ1v) is 7.55. The molecule has 0 saturated heterocycles. The number of ketones is 1. The van der Waals surface area contributed by atoms with Crippen LogP contribution >= 0.6 is 11.6 Å². The molecule has 3 rings (SSSR count). The lowest BCUT2D eigenvalue weighted by atomic mass is 9.80. The maximum Gasteiger partial charge on any atom is 0.196 e. The SMILES string of the molecule is COc1ccc(Cl)cc1C(=O)c1ccc(C2CCC2)cc1. The van der Waals surface area contributed by atoms with Crippen molar-refractivity contribution in [2.75, 3.05) is 7.11 Å². The molecule has 1 aliphatic carbocycles. The van der Waals surface area contributed by atoms with Crippen molar-refractivity contribution in [1.29, 1.82) is 0 Å². The smallest absolute Gasteiger partial charge is 0.196 e. The molecule has 0 radical (unpaired) electrons. The summed E-state index contributed by atoms with van der Waals surface area (Å²) in [6.45, 7) is 0. The van der Waals surface area contributed by atoms with Gasteiger partial charge in [0.1, 0.15) is 5.75 Å². The van der Waals surface area contributed by atoms with Crippen molar-refractivity contribution in [2.24, 2.45) is 0 Å². The molecule has 0 atom stereocenters. The van der Waals surface area contributed by atoms with Gasteiger partial charge in [-0.3, -0.25) is 4.79 Å². The Hall–Kier alpha value is -1.80. The van der Waals surface area contributed by atoms with Crippen molar-refractivity contribution in [3.8, 4) is 5.75 Å². The molecular weight excluding hydrogens is 284 g/mol. The van der Waals surface area contributed by atoms with Crippen LogP contribution in [0.5, 0.6) is 5.75 Å². The number of hydrogen-bond donors (Lipinski definition) is 0. The third-order valence-electron chi connectivity index (χ3n) is 4.16. The standard InChI is InChI=1S/C18H17ClO2/c1-21-17-10-9-15(19)11-16(17)18(20)14-7-5-13(6-8-14)12-3-2-4-12/h5-12H,2-4H2,1H3. The van der Waals surface area contributed by atoms with Crippen LogP contribution in [0.1, 0.15) is 46.7 Å². The fraction of sp³-hybridized carbons (Fsp3) is 0.278. The second-order valence-corrected chi connectivity index (χ2v) is 5.86. The summed E-state index contributed by atoms with van der Waals surface area (Å²) in [7, 11) is 1.56. The summed E-state index contributed by atoms with van der Waals surface area (Å²) in [5.41, 5.74) is 2.50. The van der Waals surface area contributed by atoms with Gasteiger partial charge in [-0.2, -0.15) is 0 Å². The van der Waals surface area contributed by atoms with E-state index in [0.29, 0.717) is 27.8 Å². The van der Waals surface area contributed by atoms with Gasteiger partial charge in [-0.15, -0.1) is 0 Å². The van der Waals surface area contributed by atoms with Gasteiger partial charge in [0.2, 0.25) is 0 Å². The van der Waals surface area contributed by atoms with Gasteiger partial charge in [-0.05, 0) is 42.5 Å². The summed E-state index contributed by atoms with van der Waals surface area (Å²) >= 11 is 5.99. The molecule has 2 aromatic rings. The third-order valence-corrected chi connectivity index (χ3v) is 4.39. The van der Waals surface area contributed by atoms with Crippen molar-refractivity contribution in [2.45, 2.75) is 25.2 Å². The molecule has 2 aromatic carbocycles. The molecule has 0 aromatic heterocycles. The molecule has 0 bridgehead atoms. The molecule has 0 N–H and O–H groups in total. The second-order valence-electron chi connectivity index (χ2n) is 5.42. The zero-order valence-corrected chi connectivity index (χ0v) is 12.7. The molecule has 21 heavy (non-hydrogen) atoms. The minimum Gasteiger partial charge on any atom is -0.496 e. The first kappa shape index (κ1) is 14.2. The molecule has 0 heterocycles. The Balaban J connectivity index is 1.89. The number of benzene rings is 2. The van der Waals surface area contributed by atoms with Crippen molar-refractivity contribution >= 4 is 17.4 Å². The van der Waals surface area contributed by atoms with E-state index in [9.17, 15) is 4.79 Å². The van der Waals surface area contributed by atoms with Gasteiger partial charge in [0.25, 0.3) is 0 Å². The van der Waals surface area contributed by atoms with Gasteiger partial charge in [0.05, 0.1) is 12.7 Å². The summed E-state index contributed by atoms with van der Waals surface area (Å²) in [6.07, 6.45) is 3.83. The van der Waals surface area contributed by atoms with E-state index in [1.807, 2.05) is 12.1 Å². The number of ether oxygens (including phenoxy) is 1. The minimum atomic E-state index is -0.0606. The van der Waals surface area contributed by atoms with Crippen LogP contribution in [0.2, 0.25) is 5.02 Å². The lowest BCUT2D eigenvalue weighted by molar-refractivity contribution is 0.103. The molecule has 0 aliphatic heterocycles. The predicted molar refractivity (Wildman–Crippen MR) is 84.5 cm³/mol. The quantitative estimate of drug-likeness (QED) is 0.755. The largest absolute Gasteiger partial charge is 0.496 e. The highest BCUT2D eigenvalue weighted by Crippen LogP contribution is 2.36. The molecule has 1 saturated carbocycles. The molecule has 3 heteroatoms. The Morgan fingerprint density at radius 2 is 1.86 bits per heavy atom. The van der Waals surface area contributed by atoms with E-state index in [1.54, 1.807) is 25.3 Å². The third kappa shape index (κ3) is 2.81. The maximum absolute atomic E-state index is 12.6. The number of hydrogen-bond acceptors (Lipinski definition) is 2. The Labute approximate surface area is 129 Å². The Morgan fingerprint density at radius 3 is 2.43 bits per heavy atom. The summed E-state index contributed by atoms with van der Waals surface area (Å²) in [5, 5.41) is 0.533. The van der Waals surface area contributed by atoms with Gasteiger partial charge in [-0.1, -0.05) is 42.3 Å². The summed E-state index contributed by atoms with van der Waals surface area (Å²) in [5.74, 6) is 1.16. The van der Waals surface area contributed by atoms with Crippen LogP contribution in [0, 0.1) is 0 Å². The van der Waals surface area contributed by atoms with Crippen molar-refractivity contribution in [1.82, 2.24) is 0 Å². The van der Waals surface area contributed by atoms with E-state index >= 15 is 0 Å². The van der Waals surface area contributed by atoms with E-state index in [1.165, 1.54) is 24.8 Å². The average Bonchev–Trinajstić information content (AvgIpc) is 2.45. The normalized spacial score (nSPS) is 14.6. The number of carbonyl (C=O) groups excluding carboxylic acids is 1. The summed E-state index contributed by atoms with van der Waals surface area (Å²) in [6, 6.07) is 13.0. The van der Waals surface area contributed by atoms with Gasteiger partial charge in [0, 0.05) is 10.6 Å². The molecule has 2 nitrogen and oxygen atoms in total. The molecule has 0 unspecified atom stereocenters. The fourth-order valence-electron chi connectivity index (χ4n) is 2.66. The van der Waals surface area contributed by atoms with E-state index < -0.39 is 0 Å². The zero-order chi connectivity index (χ0) is 14.8. The number of halogens is 1. The Kier molecular flexibility index (Phi) is 3.98. The lowest BCUT2D eigenvalue weighted by Crippen LogP contribution is -2.09. The number of carbonyl (C=O) groups is 1. The van der Waals surface area contributed by atoms with Gasteiger partial charge in [0.15, 0.2) is 5.78 Å². The Bertz CT molecular complexity index is 657. The zero-order valence-electron chi connectivity index (χ0n) is 11.9. The fourth-order valence-corrected chi connectivity index (χ4v) is 2.83. The maximum atomic E-state index is 12.6. The monoisotopic (exact) mass is 300 g/mol. The van der Waals surface area contributed by atoms with Crippen LogP contribution in [0.4, 0.5) is 0 Å². The van der Waals surface area contributed by atoms with Crippen molar-refractivity contribution in [3.63, 3.8) is 0 Å². The Morgan fingerprint density at radius 1 is 1.14 bits per heavy atom. The van der Waals surface area contributed by atoms with E-state index in [4.69, 9.17) is 16.3 Å². The summed E-state index contributed by atoms with van der Waals surface area (Å²) in [4.78, 5) is 12.6. The lowest BCUT2D eigenvalue weighted by Gasteiger charge is -2.25. The van der Waals surface area contributed by atoms with E-state index in [2.05, 4.69) is 12.1 Å². The van der Waals surface area contributed by atoms with Crippen LogP contribution in [0.15, 0.2) is 42.5 Å². The van der Waals surface area contributed by atoms with E-state index in [-0.39, 0.29) is 5.78 Å². The first-order valence-electron chi connectivity index (χ1n) is 7.17. The molecule has 0 amide bonds. The minimum absolute atomic E-state index is 0.0606. The highest BCUT2D eigenvalue weighted by atomic mass is 35.5. The molecule has 1 fully saturated rings. The summed E-state index contributed by atoms with van der Waals surface area (Å²) < 4.78 is 5.25. The van der Waals surface area contributed by atoms with Crippen LogP contribution in [-0.2, 0) is 0 Å². The van der Waals surface area contributed by atoms with Gasteiger partial charge >= 0.3 is 0 Å². The first-order chi connectivity index (χ1) is 10.2. The van der Waals surface area contributed by atoms with E-state index in [0.717, 1.165) is 0 Å². The van der Waals surface area contributed by atoms with Crippen molar-refractivity contribution < 1.29 is 9.53 Å². The van der Waals surface area contributed by atoms with Crippen LogP contribution in [-0.4, -0.2) is 12.9 Å². The average molecular weight is 301 g/mol. The van der Waals surface area contributed by atoms with Crippen LogP contribution < -0.4 is 4.74 Å². The second kappa shape index (κ2) is 5.90. The predicted octanol–water partition coefficient (Wildman–Crippen LogP) is 4.85. The van der Waals surface area contributed by atoms with Crippen molar-refractivity contribution in [3.05, 3.63) is 64.2 Å². The van der Waals surface area contributed by atoms with Gasteiger partial charge in [-0.25, -0.2) is 0 Å². The molecular formula is C18H17ClO2.